The summed E-state index contributed by atoms with van der Waals surface area (Å²) in [6, 6.07) is 4.42. The number of pyridine rings is 1. The number of carboxylic acid groups (broad SMARTS) is 1. The molecule has 0 amide bonds. The lowest BCUT2D eigenvalue weighted by molar-refractivity contribution is 0.0698. The number of hydrogen-bond donors (Lipinski definition) is 2. The maximum absolute atomic E-state index is 11.0. The summed E-state index contributed by atoms with van der Waals surface area (Å²) in [7, 11) is 0. The molecule has 0 aliphatic heterocycles. The van der Waals surface area contributed by atoms with Gasteiger partial charge in [-0.1, -0.05) is 34.8 Å². The molecule has 1 aromatic carbocycles. The Morgan fingerprint density at radius 3 is 2.37 bits per heavy atom. The highest BCUT2D eigenvalue weighted by atomic mass is 35.5. The minimum atomic E-state index is -1.16. The van der Waals surface area contributed by atoms with Crippen LogP contribution in [0.15, 0.2) is 24.4 Å². The number of hydrogen-bond acceptors (Lipinski definition) is 3. The number of anilines is 1. The van der Waals surface area contributed by atoms with Crippen molar-refractivity contribution in [2.75, 3.05) is 5.73 Å². The quantitative estimate of drug-likeness (QED) is 0.821. The Kier molecular flexibility index (Phi) is 3.85. The molecule has 4 nitrogen and oxygen atoms in total. The van der Waals surface area contributed by atoms with E-state index in [2.05, 4.69) is 4.98 Å². The Labute approximate surface area is 123 Å². The van der Waals surface area contributed by atoms with Crippen LogP contribution in [0.2, 0.25) is 15.1 Å². The van der Waals surface area contributed by atoms with Crippen molar-refractivity contribution in [1.29, 1.82) is 0 Å². The number of nitrogens with two attached hydrogens (primary N) is 1. The van der Waals surface area contributed by atoms with E-state index in [4.69, 9.17) is 45.6 Å². The molecular formula is C12H7Cl3N2O2. The molecule has 98 valence electrons. The van der Waals surface area contributed by atoms with E-state index in [0.29, 0.717) is 26.2 Å². The number of aromatic nitrogens is 1. The highest BCUT2D eigenvalue weighted by Gasteiger charge is 2.14. The summed E-state index contributed by atoms with van der Waals surface area (Å²) in [5.74, 6) is -1.23. The average Bonchev–Trinajstić information content (AvgIpc) is 2.34. The number of carboxylic acids is 1. The van der Waals surface area contributed by atoms with E-state index in [1.807, 2.05) is 0 Å². The van der Waals surface area contributed by atoms with Crippen LogP contribution in [0.5, 0.6) is 0 Å². The summed E-state index contributed by atoms with van der Waals surface area (Å²) in [5.41, 5.74) is 6.42. The van der Waals surface area contributed by atoms with Gasteiger partial charge < -0.3 is 10.8 Å². The third kappa shape index (κ3) is 2.76. The first-order chi connectivity index (χ1) is 8.90. The predicted octanol–water partition coefficient (Wildman–Crippen LogP) is 3.99. The van der Waals surface area contributed by atoms with Gasteiger partial charge in [-0.05, 0) is 18.2 Å². The number of nitrogens with zero attached hydrogens (tertiary/aromatic N) is 1. The van der Waals surface area contributed by atoms with Crippen LogP contribution in [-0.2, 0) is 0 Å². The van der Waals surface area contributed by atoms with Crippen LogP contribution in [-0.4, -0.2) is 16.1 Å². The maximum atomic E-state index is 11.0. The molecule has 0 spiro atoms. The van der Waals surface area contributed by atoms with E-state index in [-0.39, 0.29) is 11.4 Å². The third-order valence-corrected chi connectivity index (χ3v) is 3.50. The number of rotatable bonds is 2. The molecule has 0 saturated carbocycles. The van der Waals surface area contributed by atoms with Crippen LogP contribution in [0.3, 0.4) is 0 Å². The fourth-order valence-electron chi connectivity index (χ4n) is 1.54. The van der Waals surface area contributed by atoms with Crippen molar-refractivity contribution in [3.05, 3.63) is 45.0 Å². The second kappa shape index (κ2) is 5.25. The number of carbonyl (C=O) groups is 1. The zero-order valence-corrected chi connectivity index (χ0v) is 11.6. The summed E-state index contributed by atoms with van der Waals surface area (Å²) < 4.78 is 0. The highest BCUT2D eigenvalue weighted by Crippen LogP contribution is 2.35. The Morgan fingerprint density at radius 1 is 1.11 bits per heavy atom. The molecule has 0 saturated heterocycles. The van der Waals surface area contributed by atoms with Crippen LogP contribution >= 0.6 is 34.8 Å². The molecule has 2 aromatic rings. The molecule has 1 heterocycles. The fraction of sp³-hybridized carbons (Fsp3) is 0. The Balaban J connectivity index is 2.63. The smallest absolute Gasteiger partial charge is 0.339 e. The van der Waals surface area contributed by atoms with E-state index >= 15 is 0 Å². The molecule has 19 heavy (non-hydrogen) atoms. The first-order valence-corrected chi connectivity index (χ1v) is 6.17. The zero-order valence-electron chi connectivity index (χ0n) is 9.32. The lowest BCUT2D eigenvalue weighted by Crippen LogP contribution is -2.04. The normalized spacial score (nSPS) is 10.5. The van der Waals surface area contributed by atoms with Gasteiger partial charge in [-0.2, -0.15) is 0 Å². The Bertz CT molecular complexity index is 674. The SMILES string of the molecule is Nc1ncc(-c2cc(Cl)c(Cl)cc2Cl)cc1C(=O)O. The van der Waals surface area contributed by atoms with Crippen molar-refractivity contribution in [3.63, 3.8) is 0 Å². The molecule has 0 bridgehead atoms. The molecular weight excluding hydrogens is 311 g/mol. The van der Waals surface area contributed by atoms with E-state index in [1.165, 1.54) is 18.3 Å². The fourth-order valence-corrected chi connectivity index (χ4v) is 2.19. The van der Waals surface area contributed by atoms with Gasteiger partial charge in [-0.15, -0.1) is 0 Å². The summed E-state index contributed by atoms with van der Waals surface area (Å²) in [5, 5.41) is 9.98. The molecule has 0 radical (unpaired) electrons. The molecule has 1 aromatic heterocycles. The molecule has 7 heteroatoms. The van der Waals surface area contributed by atoms with Gasteiger partial charge in [0.2, 0.25) is 0 Å². The van der Waals surface area contributed by atoms with Crippen molar-refractivity contribution in [3.8, 4) is 11.1 Å². The van der Waals surface area contributed by atoms with Gasteiger partial charge in [0.15, 0.2) is 0 Å². The largest absolute Gasteiger partial charge is 0.478 e. The average molecular weight is 318 g/mol. The summed E-state index contributed by atoms with van der Waals surface area (Å²) in [6.45, 7) is 0. The van der Waals surface area contributed by atoms with E-state index < -0.39 is 5.97 Å². The molecule has 0 atom stereocenters. The van der Waals surface area contributed by atoms with Gasteiger partial charge in [-0.3, -0.25) is 0 Å². The van der Waals surface area contributed by atoms with Gasteiger partial charge in [0.1, 0.15) is 11.4 Å². The van der Waals surface area contributed by atoms with Crippen LogP contribution in [0.4, 0.5) is 5.82 Å². The van der Waals surface area contributed by atoms with Crippen LogP contribution in [0.25, 0.3) is 11.1 Å². The Hall–Kier alpha value is -1.49. The molecule has 2 rings (SSSR count). The zero-order chi connectivity index (χ0) is 14.2. The van der Waals surface area contributed by atoms with Crippen molar-refractivity contribution < 1.29 is 9.90 Å². The molecule has 0 unspecified atom stereocenters. The first-order valence-electron chi connectivity index (χ1n) is 5.04. The van der Waals surface area contributed by atoms with E-state index in [0.717, 1.165) is 0 Å². The van der Waals surface area contributed by atoms with Gasteiger partial charge in [0, 0.05) is 17.3 Å². The summed E-state index contributed by atoms with van der Waals surface area (Å²) >= 11 is 17.8. The van der Waals surface area contributed by atoms with Gasteiger partial charge >= 0.3 is 5.97 Å². The summed E-state index contributed by atoms with van der Waals surface area (Å²) in [6.07, 6.45) is 1.42. The highest BCUT2D eigenvalue weighted by molar-refractivity contribution is 6.44. The van der Waals surface area contributed by atoms with Gasteiger partial charge in [0.05, 0.1) is 15.1 Å². The van der Waals surface area contributed by atoms with Crippen molar-refractivity contribution in [1.82, 2.24) is 4.98 Å². The minimum Gasteiger partial charge on any atom is -0.478 e. The molecule has 0 aliphatic carbocycles. The minimum absolute atomic E-state index is 0.0626. The van der Waals surface area contributed by atoms with Crippen molar-refractivity contribution in [2.45, 2.75) is 0 Å². The third-order valence-electron chi connectivity index (χ3n) is 2.47. The second-order valence-electron chi connectivity index (χ2n) is 3.71. The van der Waals surface area contributed by atoms with Crippen LogP contribution < -0.4 is 5.73 Å². The van der Waals surface area contributed by atoms with Gasteiger partial charge in [0.25, 0.3) is 0 Å². The number of benzene rings is 1. The number of nitrogen functional groups attached to an aromatic ring is 1. The number of halogens is 3. The predicted molar refractivity (Wildman–Crippen MR) is 76.1 cm³/mol. The topological polar surface area (TPSA) is 76.2 Å². The van der Waals surface area contributed by atoms with E-state index in [1.54, 1.807) is 6.07 Å². The lowest BCUT2D eigenvalue weighted by atomic mass is 10.1. The van der Waals surface area contributed by atoms with Crippen molar-refractivity contribution >= 4 is 46.6 Å². The summed E-state index contributed by atoms with van der Waals surface area (Å²) in [4.78, 5) is 14.8. The van der Waals surface area contributed by atoms with Gasteiger partial charge in [-0.25, -0.2) is 9.78 Å². The Morgan fingerprint density at radius 2 is 1.74 bits per heavy atom. The van der Waals surface area contributed by atoms with E-state index in [9.17, 15) is 4.79 Å². The maximum Gasteiger partial charge on any atom is 0.339 e. The standard InChI is InChI=1S/C12H7Cl3N2O2/c13-8-3-10(15)9(14)2-6(8)5-1-7(12(18)19)11(16)17-4-5/h1-4H,(H2,16,17)(H,18,19). The second-order valence-corrected chi connectivity index (χ2v) is 4.93. The lowest BCUT2D eigenvalue weighted by Gasteiger charge is -2.08. The molecule has 0 aliphatic rings. The molecule has 3 N–H and O–H groups in total. The monoisotopic (exact) mass is 316 g/mol. The van der Waals surface area contributed by atoms with Crippen molar-refractivity contribution in [2.24, 2.45) is 0 Å². The van der Waals surface area contributed by atoms with Crippen LogP contribution in [0, 0.1) is 0 Å². The first kappa shape index (κ1) is 13.9. The van der Waals surface area contributed by atoms with Crippen LogP contribution in [0.1, 0.15) is 10.4 Å². The number of aromatic carboxylic acids is 1. The molecule has 0 fully saturated rings.